The van der Waals surface area contributed by atoms with Gasteiger partial charge in [0, 0.05) is 12.1 Å². The highest BCUT2D eigenvalue weighted by atomic mass is 16.6. The predicted molar refractivity (Wildman–Crippen MR) is 67.1 cm³/mol. The van der Waals surface area contributed by atoms with Gasteiger partial charge in [-0.15, -0.1) is 0 Å². The summed E-state index contributed by atoms with van der Waals surface area (Å²) in [5, 5.41) is 22.8. The van der Waals surface area contributed by atoms with Crippen LogP contribution in [0.5, 0.6) is 0 Å². The van der Waals surface area contributed by atoms with Crippen molar-refractivity contribution in [2.45, 2.75) is 32.2 Å². The molecule has 1 aromatic rings. The van der Waals surface area contributed by atoms with Gasteiger partial charge in [-0.3, -0.25) is 10.1 Å². The Morgan fingerprint density at radius 2 is 2.33 bits per heavy atom. The number of nitrogens with one attached hydrogen (secondary N) is 1. The summed E-state index contributed by atoms with van der Waals surface area (Å²) in [6.07, 6.45) is 2.19. The molecular weight excluding hydrogens is 238 g/mol. The molecule has 0 bridgehead atoms. The molecule has 18 heavy (non-hydrogen) atoms. The van der Waals surface area contributed by atoms with Gasteiger partial charge in [-0.25, -0.2) is 4.98 Å². The van der Waals surface area contributed by atoms with E-state index in [0.29, 0.717) is 12.8 Å². The first-order valence-corrected chi connectivity index (χ1v) is 5.58. The molecule has 1 rings (SSSR count). The van der Waals surface area contributed by atoms with E-state index in [9.17, 15) is 10.1 Å². The molecule has 8 heteroatoms. The van der Waals surface area contributed by atoms with Crippen LogP contribution in [0.3, 0.4) is 0 Å². The number of aromatic nitrogens is 2. The molecule has 0 fully saturated rings. The second kappa shape index (κ2) is 5.58. The average Bonchev–Trinajstić information content (AvgIpc) is 2.29. The third-order valence-corrected chi connectivity index (χ3v) is 2.85. The van der Waals surface area contributed by atoms with Crippen LogP contribution in [0, 0.1) is 10.1 Å². The summed E-state index contributed by atoms with van der Waals surface area (Å²) in [6, 6.07) is 0. The minimum Gasteiger partial charge on any atom is -0.396 e. The molecule has 0 aromatic carbocycles. The fourth-order valence-corrected chi connectivity index (χ4v) is 1.47. The van der Waals surface area contributed by atoms with E-state index in [1.807, 2.05) is 13.8 Å². The molecule has 1 atom stereocenters. The Morgan fingerprint density at radius 1 is 1.67 bits per heavy atom. The van der Waals surface area contributed by atoms with Gasteiger partial charge in [0.2, 0.25) is 11.8 Å². The molecule has 100 valence electrons. The largest absolute Gasteiger partial charge is 0.396 e. The van der Waals surface area contributed by atoms with Crippen molar-refractivity contribution in [2.75, 3.05) is 17.7 Å². The number of aliphatic hydroxyl groups excluding tert-OH is 1. The maximum atomic E-state index is 10.9. The number of aliphatic hydroxyl groups is 1. The summed E-state index contributed by atoms with van der Waals surface area (Å²) in [5.41, 5.74) is 4.71. The minimum absolute atomic E-state index is 0.0221. The van der Waals surface area contributed by atoms with Crippen molar-refractivity contribution in [1.29, 1.82) is 0 Å². The zero-order valence-electron chi connectivity index (χ0n) is 10.4. The molecule has 0 aliphatic carbocycles. The lowest BCUT2D eigenvalue weighted by atomic mass is 9.95. The third kappa shape index (κ3) is 3.27. The van der Waals surface area contributed by atoms with Crippen LogP contribution >= 0.6 is 0 Å². The number of hydrogen-bond acceptors (Lipinski definition) is 7. The van der Waals surface area contributed by atoms with E-state index in [0.717, 1.165) is 6.20 Å². The van der Waals surface area contributed by atoms with Crippen molar-refractivity contribution >= 4 is 17.5 Å². The van der Waals surface area contributed by atoms with E-state index >= 15 is 0 Å². The highest BCUT2D eigenvalue weighted by Crippen LogP contribution is 2.27. The molecule has 0 amide bonds. The van der Waals surface area contributed by atoms with E-state index in [1.165, 1.54) is 0 Å². The monoisotopic (exact) mass is 255 g/mol. The first-order valence-electron chi connectivity index (χ1n) is 5.58. The standard InChI is InChI=1S/C10H17N5O3/c1-3-10(2,4-5-16)14-8-7(15(17)18)6-12-9(11)13-8/h6,16H,3-5H2,1-2H3,(H3,11,12,13,14). The van der Waals surface area contributed by atoms with Crippen molar-refractivity contribution in [2.24, 2.45) is 0 Å². The predicted octanol–water partition coefficient (Wildman–Crippen LogP) is 0.930. The Hall–Kier alpha value is -1.96. The number of nitrogen functional groups attached to an aromatic ring is 1. The Kier molecular flexibility index (Phi) is 4.38. The van der Waals surface area contributed by atoms with Crippen molar-refractivity contribution in [3.05, 3.63) is 16.3 Å². The summed E-state index contributed by atoms with van der Waals surface area (Å²) >= 11 is 0. The Bertz CT molecular complexity index is 440. The molecule has 1 heterocycles. The van der Waals surface area contributed by atoms with Crippen LogP contribution in [-0.2, 0) is 0 Å². The molecule has 0 saturated heterocycles. The highest BCUT2D eigenvalue weighted by molar-refractivity contribution is 5.57. The number of anilines is 2. The molecule has 0 radical (unpaired) electrons. The third-order valence-electron chi connectivity index (χ3n) is 2.85. The van der Waals surface area contributed by atoms with Crippen LogP contribution in [0.1, 0.15) is 26.7 Å². The summed E-state index contributed by atoms with van der Waals surface area (Å²) in [5.74, 6) is 0.0378. The van der Waals surface area contributed by atoms with Gasteiger partial charge in [0.25, 0.3) is 0 Å². The molecule has 0 aliphatic heterocycles. The van der Waals surface area contributed by atoms with Crippen LogP contribution in [0.4, 0.5) is 17.5 Å². The van der Waals surface area contributed by atoms with E-state index in [1.54, 1.807) is 0 Å². The molecule has 1 aromatic heterocycles. The van der Waals surface area contributed by atoms with Crippen LogP contribution in [0.25, 0.3) is 0 Å². The molecule has 1 unspecified atom stereocenters. The van der Waals surface area contributed by atoms with E-state index < -0.39 is 10.5 Å². The van der Waals surface area contributed by atoms with Gasteiger partial charge in [0.15, 0.2) is 0 Å². The quantitative estimate of drug-likeness (QED) is 0.509. The Balaban J connectivity index is 3.08. The lowest BCUT2D eigenvalue weighted by Crippen LogP contribution is -2.35. The molecule has 8 nitrogen and oxygen atoms in total. The SMILES string of the molecule is CCC(C)(CCO)Nc1nc(N)ncc1[N+](=O)[O-]. The van der Waals surface area contributed by atoms with Gasteiger partial charge >= 0.3 is 5.69 Å². The smallest absolute Gasteiger partial charge is 0.329 e. The number of nitrogens with zero attached hydrogens (tertiary/aromatic N) is 3. The van der Waals surface area contributed by atoms with Gasteiger partial charge in [-0.05, 0) is 19.8 Å². The number of hydrogen-bond donors (Lipinski definition) is 3. The molecule has 0 saturated carbocycles. The van der Waals surface area contributed by atoms with Crippen LogP contribution in [0.15, 0.2) is 6.20 Å². The van der Waals surface area contributed by atoms with Crippen molar-refractivity contribution in [3.8, 4) is 0 Å². The molecule has 0 spiro atoms. The second-order valence-corrected chi connectivity index (χ2v) is 4.23. The number of nitrogens with two attached hydrogens (primary N) is 1. The summed E-state index contributed by atoms with van der Waals surface area (Å²) in [4.78, 5) is 17.7. The topological polar surface area (TPSA) is 127 Å². The second-order valence-electron chi connectivity index (χ2n) is 4.23. The van der Waals surface area contributed by atoms with E-state index in [2.05, 4.69) is 15.3 Å². The molecule has 4 N–H and O–H groups in total. The van der Waals surface area contributed by atoms with Gasteiger partial charge in [-0.2, -0.15) is 4.98 Å². The fraction of sp³-hybridized carbons (Fsp3) is 0.600. The van der Waals surface area contributed by atoms with Gasteiger partial charge < -0.3 is 16.2 Å². The van der Waals surface area contributed by atoms with Gasteiger partial charge in [0.05, 0.1) is 4.92 Å². The van der Waals surface area contributed by atoms with E-state index in [-0.39, 0.29) is 24.1 Å². The lowest BCUT2D eigenvalue weighted by Gasteiger charge is -2.29. The number of rotatable bonds is 6. The maximum Gasteiger partial charge on any atom is 0.329 e. The highest BCUT2D eigenvalue weighted by Gasteiger charge is 2.26. The summed E-state index contributed by atoms with van der Waals surface area (Å²) < 4.78 is 0. The average molecular weight is 255 g/mol. The van der Waals surface area contributed by atoms with E-state index in [4.69, 9.17) is 10.8 Å². The zero-order chi connectivity index (χ0) is 13.8. The fourth-order valence-electron chi connectivity index (χ4n) is 1.47. The summed E-state index contributed by atoms with van der Waals surface area (Å²) in [7, 11) is 0. The van der Waals surface area contributed by atoms with Gasteiger partial charge in [-0.1, -0.05) is 6.92 Å². The minimum atomic E-state index is -0.573. The lowest BCUT2D eigenvalue weighted by molar-refractivity contribution is -0.384. The van der Waals surface area contributed by atoms with Crippen LogP contribution < -0.4 is 11.1 Å². The first kappa shape index (κ1) is 14.1. The zero-order valence-corrected chi connectivity index (χ0v) is 10.4. The van der Waals surface area contributed by atoms with Crippen LogP contribution in [-0.4, -0.2) is 32.1 Å². The van der Waals surface area contributed by atoms with Crippen molar-refractivity contribution in [3.63, 3.8) is 0 Å². The molecular formula is C10H17N5O3. The Morgan fingerprint density at radius 3 is 2.83 bits per heavy atom. The van der Waals surface area contributed by atoms with Crippen molar-refractivity contribution in [1.82, 2.24) is 9.97 Å². The van der Waals surface area contributed by atoms with Crippen LogP contribution in [0.2, 0.25) is 0 Å². The number of nitro groups is 1. The Labute approximate surface area is 104 Å². The van der Waals surface area contributed by atoms with Crippen molar-refractivity contribution < 1.29 is 10.0 Å². The summed E-state index contributed by atoms with van der Waals surface area (Å²) in [6.45, 7) is 3.75. The normalized spacial score (nSPS) is 13.9. The first-order chi connectivity index (χ1) is 8.41. The van der Waals surface area contributed by atoms with Gasteiger partial charge in [0.1, 0.15) is 6.20 Å². The maximum absolute atomic E-state index is 10.9. The molecule has 0 aliphatic rings.